The van der Waals surface area contributed by atoms with Crippen molar-refractivity contribution in [2.24, 2.45) is 0 Å². The van der Waals surface area contributed by atoms with Crippen molar-refractivity contribution in [1.82, 2.24) is 19.8 Å². The van der Waals surface area contributed by atoms with Crippen LogP contribution >= 0.6 is 34.3 Å². The summed E-state index contributed by atoms with van der Waals surface area (Å²) in [5.41, 5.74) is 0.876. The summed E-state index contributed by atoms with van der Waals surface area (Å²) in [6, 6.07) is 15.0. The fourth-order valence-corrected chi connectivity index (χ4v) is 8.78. The van der Waals surface area contributed by atoms with Crippen molar-refractivity contribution in [3.8, 4) is 9.75 Å². The number of piperidine rings is 1. The highest BCUT2D eigenvalue weighted by atomic mass is 35.5. The Bertz CT molecular complexity index is 1530. The number of hydrogen-bond donors (Lipinski definition) is 2. The van der Waals surface area contributed by atoms with Gasteiger partial charge in [0.1, 0.15) is 16.9 Å². The summed E-state index contributed by atoms with van der Waals surface area (Å²) >= 11 is 8.48. The van der Waals surface area contributed by atoms with Gasteiger partial charge in [-0.2, -0.15) is 4.72 Å². The molecule has 0 aliphatic carbocycles. The number of ether oxygens (including phenoxy) is 1. The van der Waals surface area contributed by atoms with Crippen LogP contribution in [0, 0.1) is 0 Å². The number of rotatable bonds is 10. The number of hydrogen-bond acceptors (Lipinski definition) is 8. The first-order chi connectivity index (χ1) is 20.2. The van der Waals surface area contributed by atoms with E-state index in [9.17, 15) is 22.8 Å². The summed E-state index contributed by atoms with van der Waals surface area (Å²) in [5, 5.41) is 2.74. The second-order valence-electron chi connectivity index (χ2n) is 10.1. The molecule has 2 aliphatic heterocycles. The van der Waals surface area contributed by atoms with Crippen LogP contribution in [0.3, 0.4) is 0 Å². The number of carbonyl (C=O) groups excluding carboxylic acids is 3. The number of alkyl carbamates (subject to hydrolysis) is 1. The number of amides is 3. The predicted molar refractivity (Wildman–Crippen MR) is 162 cm³/mol. The van der Waals surface area contributed by atoms with Gasteiger partial charge in [0.05, 0.1) is 10.9 Å². The van der Waals surface area contributed by atoms with Gasteiger partial charge in [0.2, 0.25) is 11.8 Å². The molecule has 10 nitrogen and oxygen atoms in total. The molecule has 0 saturated carbocycles. The van der Waals surface area contributed by atoms with E-state index >= 15 is 0 Å². The summed E-state index contributed by atoms with van der Waals surface area (Å²) in [6.45, 7) is 1.15. The first-order valence-electron chi connectivity index (χ1n) is 13.6. The van der Waals surface area contributed by atoms with Gasteiger partial charge >= 0.3 is 6.09 Å². The van der Waals surface area contributed by atoms with Crippen molar-refractivity contribution < 1.29 is 27.5 Å². The summed E-state index contributed by atoms with van der Waals surface area (Å²) in [7, 11) is -3.94. The standard InChI is InChI=1S/C28H31ClN4O6S3/c29-24-12-10-22(40-24)23-11-13-26(41-23)42(37,38)31-21-9-5-14-32(27(21)35)17-25(34)33-15-4-8-20(33)16-30-28(36)39-18-19-6-2-1-3-7-19/h1-3,6-7,10-13,20-21,31H,4-5,8-9,14-18H2,(H,30,36). The molecule has 224 valence electrons. The molecule has 3 aromatic rings. The molecule has 42 heavy (non-hydrogen) atoms. The predicted octanol–water partition coefficient (Wildman–Crippen LogP) is 4.32. The number of nitrogens with one attached hydrogen (secondary N) is 2. The van der Waals surface area contributed by atoms with Gasteiger partial charge in [-0.1, -0.05) is 41.9 Å². The lowest BCUT2D eigenvalue weighted by atomic mass is 10.1. The Morgan fingerprint density at radius 1 is 0.976 bits per heavy atom. The van der Waals surface area contributed by atoms with Crippen molar-refractivity contribution in [3.05, 3.63) is 64.5 Å². The lowest BCUT2D eigenvalue weighted by Crippen LogP contribution is -2.55. The van der Waals surface area contributed by atoms with E-state index in [1.54, 1.807) is 17.0 Å². The summed E-state index contributed by atoms with van der Waals surface area (Å²) in [4.78, 5) is 43.4. The third kappa shape index (κ3) is 7.51. The summed E-state index contributed by atoms with van der Waals surface area (Å²) in [5.74, 6) is -0.648. The van der Waals surface area contributed by atoms with E-state index in [1.165, 1.54) is 22.3 Å². The molecule has 2 aliphatic rings. The normalized spacial score (nSPS) is 19.2. The number of nitrogens with zero attached hydrogens (tertiary/aromatic N) is 2. The molecular formula is C28H31ClN4O6S3. The van der Waals surface area contributed by atoms with Gasteiger partial charge in [-0.15, -0.1) is 22.7 Å². The monoisotopic (exact) mass is 650 g/mol. The van der Waals surface area contributed by atoms with Crippen LogP contribution in [0.5, 0.6) is 0 Å². The van der Waals surface area contributed by atoms with Crippen molar-refractivity contribution >= 4 is 62.2 Å². The van der Waals surface area contributed by atoms with Gasteiger partial charge in [-0.25, -0.2) is 13.2 Å². The smallest absolute Gasteiger partial charge is 0.407 e. The minimum absolute atomic E-state index is 0.109. The maximum atomic E-state index is 13.2. The van der Waals surface area contributed by atoms with E-state index in [2.05, 4.69) is 10.0 Å². The van der Waals surface area contributed by atoms with Crippen LogP contribution in [0.1, 0.15) is 31.2 Å². The van der Waals surface area contributed by atoms with Gasteiger partial charge in [0.15, 0.2) is 0 Å². The second-order valence-corrected chi connectivity index (χ2v) is 14.9. The number of carbonyl (C=O) groups is 3. The molecule has 0 bridgehead atoms. The number of sulfonamides is 1. The van der Waals surface area contributed by atoms with E-state index < -0.39 is 28.1 Å². The quantitative estimate of drug-likeness (QED) is 0.337. The number of likely N-dealkylation sites (tertiary alicyclic amines) is 2. The molecule has 1 aromatic carbocycles. The molecule has 2 atom stereocenters. The first kappa shape index (κ1) is 30.5. The zero-order valence-corrected chi connectivity index (χ0v) is 25.9. The average molecular weight is 651 g/mol. The van der Waals surface area contributed by atoms with Crippen molar-refractivity contribution in [2.45, 2.75) is 48.6 Å². The van der Waals surface area contributed by atoms with Crippen LogP contribution in [0.4, 0.5) is 4.79 Å². The molecule has 5 rings (SSSR count). The fourth-order valence-electron chi connectivity index (χ4n) is 5.10. The molecule has 0 spiro atoms. The Hall–Kier alpha value is -2.97. The largest absolute Gasteiger partial charge is 0.445 e. The van der Waals surface area contributed by atoms with Crippen LogP contribution in [-0.4, -0.2) is 74.4 Å². The zero-order chi connectivity index (χ0) is 29.7. The van der Waals surface area contributed by atoms with E-state index in [0.29, 0.717) is 30.3 Å². The molecule has 2 saturated heterocycles. The van der Waals surface area contributed by atoms with Crippen molar-refractivity contribution in [1.29, 1.82) is 0 Å². The van der Waals surface area contributed by atoms with Crippen LogP contribution in [-0.2, 0) is 31.0 Å². The van der Waals surface area contributed by atoms with E-state index in [-0.39, 0.29) is 35.9 Å². The number of halogens is 1. The second kappa shape index (κ2) is 13.6. The minimum Gasteiger partial charge on any atom is -0.445 e. The maximum Gasteiger partial charge on any atom is 0.407 e. The number of benzene rings is 1. The van der Waals surface area contributed by atoms with Crippen molar-refractivity contribution in [2.75, 3.05) is 26.2 Å². The summed E-state index contributed by atoms with van der Waals surface area (Å²) in [6.07, 6.45) is 1.86. The summed E-state index contributed by atoms with van der Waals surface area (Å²) < 4.78 is 34.8. The molecule has 2 unspecified atom stereocenters. The minimum atomic E-state index is -3.94. The van der Waals surface area contributed by atoms with E-state index in [0.717, 1.165) is 39.5 Å². The first-order valence-corrected chi connectivity index (χ1v) is 17.1. The highest BCUT2D eigenvalue weighted by molar-refractivity contribution is 7.91. The lowest BCUT2D eigenvalue weighted by molar-refractivity contribution is -0.143. The van der Waals surface area contributed by atoms with Crippen LogP contribution < -0.4 is 10.0 Å². The van der Waals surface area contributed by atoms with Crippen LogP contribution in [0.25, 0.3) is 9.75 Å². The van der Waals surface area contributed by atoms with Gasteiger partial charge < -0.3 is 19.9 Å². The third-order valence-electron chi connectivity index (χ3n) is 7.21. The Morgan fingerprint density at radius 2 is 1.71 bits per heavy atom. The van der Waals surface area contributed by atoms with Gasteiger partial charge in [0, 0.05) is 35.4 Å². The van der Waals surface area contributed by atoms with Gasteiger partial charge in [0.25, 0.3) is 10.0 Å². The Labute approximate surface area is 257 Å². The van der Waals surface area contributed by atoms with Crippen LogP contribution in [0.2, 0.25) is 4.34 Å². The highest BCUT2D eigenvalue weighted by Crippen LogP contribution is 2.37. The molecule has 2 fully saturated rings. The highest BCUT2D eigenvalue weighted by Gasteiger charge is 2.36. The number of thiophene rings is 2. The Kier molecular flexibility index (Phi) is 9.84. The topological polar surface area (TPSA) is 125 Å². The molecule has 4 heterocycles. The Morgan fingerprint density at radius 3 is 2.48 bits per heavy atom. The molecule has 0 radical (unpaired) electrons. The van der Waals surface area contributed by atoms with E-state index in [4.69, 9.17) is 16.3 Å². The molecule has 14 heteroatoms. The molecular weight excluding hydrogens is 620 g/mol. The zero-order valence-electron chi connectivity index (χ0n) is 22.7. The van der Waals surface area contributed by atoms with E-state index in [1.807, 2.05) is 36.4 Å². The van der Waals surface area contributed by atoms with Crippen LogP contribution in [0.15, 0.2) is 58.8 Å². The lowest BCUT2D eigenvalue weighted by Gasteiger charge is -2.34. The molecule has 3 amide bonds. The SMILES string of the molecule is O=C(NCC1CCCN1C(=O)CN1CCCC(NS(=O)(=O)c2ccc(-c3ccc(Cl)s3)s2)C1=O)OCc1ccccc1. The molecule has 2 aromatic heterocycles. The maximum absolute atomic E-state index is 13.2. The van der Waals surface area contributed by atoms with Gasteiger partial charge in [-0.05, 0) is 55.5 Å². The average Bonchev–Trinajstić information content (AvgIpc) is 3.74. The Balaban J connectivity index is 1.13. The molecule has 2 N–H and O–H groups in total. The van der Waals surface area contributed by atoms with Crippen molar-refractivity contribution in [3.63, 3.8) is 0 Å². The third-order valence-corrected chi connectivity index (χ3v) is 11.7. The van der Waals surface area contributed by atoms with Gasteiger partial charge in [-0.3, -0.25) is 9.59 Å². The fraction of sp³-hybridized carbons (Fsp3) is 0.393.